The van der Waals surface area contributed by atoms with E-state index in [2.05, 4.69) is 15.9 Å². The van der Waals surface area contributed by atoms with Crippen molar-refractivity contribution < 1.29 is 18.3 Å². The van der Waals surface area contributed by atoms with Crippen molar-refractivity contribution in [2.75, 3.05) is 7.11 Å². The van der Waals surface area contributed by atoms with Crippen LogP contribution < -0.4 is 9.47 Å². The summed E-state index contributed by atoms with van der Waals surface area (Å²) in [5.74, 6) is 0.0343. The lowest BCUT2D eigenvalue weighted by Gasteiger charge is -2.12. The third kappa shape index (κ3) is 3.28. The van der Waals surface area contributed by atoms with Crippen LogP contribution in [0.5, 0.6) is 11.5 Å². The Morgan fingerprint density at radius 2 is 1.80 bits per heavy atom. The van der Waals surface area contributed by atoms with Crippen molar-refractivity contribution in [3.63, 3.8) is 0 Å². The van der Waals surface area contributed by atoms with E-state index < -0.39 is 11.6 Å². The maximum atomic E-state index is 13.5. The van der Waals surface area contributed by atoms with Crippen LogP contribution in [0, 0.1) is 11.6 Å². The van der Waals surface area contributed by atoms with E-state index in [1.54, 1.807) is 19.2 Å². The molecule has 0 atom stereocenters. The topological polar surface area (TPSA) is 18.5 Å². The summed E-state index contributed by atoms with van der Waals surface area (Å²) in [7, 11) is 1.57. The molecule has 2 nitrogen and oxygen atoms in total. The first-order chi connectivity index (χ1) is 9.65. The normalized spacial score (nSPS) is 10.4. The zero-order valence-electron chi connectivity index (χ0n) is 10.8. The molecule has 0 spiro atoms. The van der Waals surface area contributed by atoms with Crippen LogP contribution in [0.4, 0.5) is 8.78 Å². The van der Waals surface area contributed by atoms with Crippen LogP contribution in [-0.4, -0.2) is 7.11 Å². The summed E-state index contributed by atoms with van der Waals surface area (Å²) in [6, 6.07) is 9.00. The fourth-order valence-corrected chi connectivity index (χ4v) is 2.19. The molecule has 0 fully saturated rings. The number of ether oxygens (including phenoxy) is 2. The minimum absolute atomic E-state index is 0.0798. The van der Waals surface area contributed by atoms with E-state index in [0.717, 1.165) is 5.56 Å². The lowest BCUT2D eigenvalue weighted by Crippen LogP contribution is -2.03. The van der Waals surface area contributed by atoms with Crippen molar-refractivity contribution in [2.45, 2.75) is 11.9 Å². The minimum atomic E-state index is -0.612. The second-order valence-corrected chi connectivity index (χ2v) is 4.66. The van der Waals surface area contributed by atoms with Crippen molar-refractivity contribution in [1.29, 1.82) is 0 Å². The van der Waals surface area contributed by atoms with Gasteiger partial charge in [-0.2, -0.15) is 0 Å². The fourth-order valence-electron chi connectivity index (χ4n) is 1.75. The number of alkyl halides is 1. The molecule has 0 unspecified atom stereocenters. The summed E-state index contributed by atoms with van der Waals surface area (Å²) in [6.07, 6.45) is 0. The molecule has 0 bridgehead atoms. The van der Waals surface area contributed by atoms with E-state index in [-0.39, 0.29) is 12.2 Å². The van der Waals surface area contributed by atoms with Gasteiger partial charge in [-0.1, -0.05) is 22.0 Å². The molecule has 20 heavy (non-hydrogen) atoms. The Labute approximate surface area is 124 Å². The largest absolute Gasteiger partial charge is 0.497 e. The van der Waals surface area contributed by atoms with Crippen molar-refractivity contribution in [2.24, 2.45) is 0 Å². The van der Waals surface area contributed by atoms with Gasteiger partial charge in [0.1, 0.15) is 29.7 Å². The highest BCUT2D eigenvalue weighted by Crippen LogP contribution is 2.27. The van der Waals surface area contributed by atoms with Gasteiger partial charge in [0.2, 0.25) is 0 Å². The Bertz CT molecular complexity index is 582. The molecule has 0 N–H and O–H groups in total. The van der Waals surface area contributed by atoms with Gasteiger partial charge in [-0.15, -0.1) is 0 Å². The predicted octanol–water partition coefficient (Wildman–Crippen LogP) is 4.45. The lowest BCUT2D eigenvalue weighted by molar-refractivity contribution is 0.290. The molecule has 106 valence electrons. The first kappa shape index (κ1) is 14.8. The highest BCUT2D eigenvalue weighted by Gasteiger charge is 2.11. The maximum absolute atomic E-state index is 13.5. The molecule has 2 aromatic rings. The van der Waals surface area contributed by atoms with Gasteiger partial charge in [-0.25, -0.2) is 8.78 Å². The molecule has 2 aromatic carbocycles. The Kier molecular flexibility index (Phi) is 4.95. The number of rotatable bonds is 5. The molecule has 0 amide bonds. The monoisotopic (exact) mass is 342 g/mol. The fraction of sp³-hybridized carbons (Fsp3) is 0.200. The minimum Gasteiger partial charge on any atom is -0.497 e. The zero-order valence-corrected chi connectivity index (χ0v) is 12.4. The molecule has 0 aliphatic carbocycles. The van der Waals surface area contributed by atoms with Crippen molar-refractivity contribution in [3.8, 4) is 11.5 Å². The molecule has 0 heterocycles. The zero-order chi connectivity index (χ0) is 14.5. The molecule has 5 heteroatoms. The molecule has 2 rings (SSSR count). The summed E-state index contributed by atoms with van der Waals surface area (Å²) in [5.41, 5.74) is 0.768. The molecular weight excluding hydrogens is 330 g/mol. The number of methoxy groups -OCH3 is 1. The average molecular weight is 343 g/mol. The van der Waals surface area contributed by atoms with E-state index in [0.29, 0.717) is 16.8 Å². The third-order valence-corrected chi connectivity index (χ3v) is 3.45. The summed E-state index contributed by atoms with van der Waals surface area (Å²) in [4.78, 5) is 0. The second-order valence-electron chi connectivity index (χ2n) is 4.10. The van der Waals surface area contributed by atoms with E-state index in [9.17, 15) is 8.78 Å². The summed E-state index contributed by atoms with van der Waals surface area (Å²) < 4.78 is 37.6. The van der Waals surface area contributed by atoms with Crippen molar-refractivity contribution in [3.05, 3.63) is 59.2 Å². The Hall–Kier alpha value is -1.62. The summed E-state index contributed by atoms with van der Waals surface area (Å²) >= 11 is 3.34. The number of benzene rings is 2. The van der Waals surface area contributed by atoms with Gasteiger partial charge >= 0.3 is 0 Å². The van der Waals surface area contributed by atoms with Crippen molar-refractivity contribution in [1.82, 2.24) is 0 Å². The molecular formula is C15H13BrF2O2. The SMILES string of the molecule is COc1ccc(OCc2c(F)cccc2F)c(CBr)c1. The van der Waals surface area contributed by atoms with Gasteiger partial charge < -0.3 is 9.47 Å². The Morgan fingerprint density at radius 3 is 2.40 bits per heavy atom. The van der Waals surface area contributed by atoms with Crippen LogP contribution in [0.15, 0.2) is 36.4 Å². The number of hydrogen-bond acceptors (Lipinski definition) is 2. The third-order valence-electron chi connectivity index (χ3n) is 2.85. The smallest absolute Gasteiger partial charge is 0.132 e. The van der Waals surface area contributed by atoms with E-state index in [4.69, 9.17) is 9.47 Å². The van der Waals surface area contributed by atoms with Crippen molar-refractivity contribution >= 4 is 15.9 Å². The van der Waals surface area contributed by atoms with Gasteiger partial charge in [0.25, 0.3) is 0 Å². The van der Waals surface area contributed by atoms with Gasteiger partial charge in [0.15, 0.2) is 0 Å². The summed E-state index contributed by atoms with van der Waals surface area (Å²) in [5, 5.41) is 0.555. The van der Waals surface area contributed by atoms with Gasteiger partial charge in [0, 0.05) is 10.9 Å². The highest BCUT2D eigenvalue weighted by molar-refractivity contribution is 9.08. The van der Waals surface area contributed by atoms with Crippen LogP contribution >= 0.6 is 15.9 Å². The van der Waals surface area contributed by atoms with Crippen LogP contribution in [0.3, 0.4) is 0 Å². The molecule has 0 aliphatic rings. The van der Waals surface area contributed by atoms with Crippen LogP contribution in [-0.2, 0) is 11.9 Å². The van der Waals surface area contributed by atoms with E-state index in [1.807, 2.05) is 6.07 Å². The molecule has 0 saturated carbocycles. The van der Waals surface area contributed by atoms with Gasteiger partial charge in [-0.3, -0.25) is 0 Å². The molecule has 0 saturated heterocycles. The first-order valence-electron chi connectivity index (χ1n) is 5.94. The first-order valence-corrected chi connectivity index (χ1v) is 7.06. The van der Waals surface area contributed by atoms with Crippen LogP contribution in [0.1, 0.15) is 11.1 Å². The standard InChI is InChI=1S/C15H13BrF2O2/c1-19-11-5-6-15(10(7-11)8-16)20-9-12-13(17)3-2-4-14(12)18/h2-7H,8-9H2,1H3. The maximum Gasteiger partial charge on any atom is 0.132 e. The lowest BCUT2D eigenvalue weighted by atomic mass is 10.2. The second kappa shape index (κ2) is 6.70. The molecule has 0 radical (unpaired) electrons. The van der Waals surface area contributed by atoms with E-state index >= 15 is 0 Å². The Morgan fingerprint density at radius 1 is 1.10 bits per heavy atom. The quantitative estimate of drug-likeness (QED) is 0.747. The Balaban J connectivity index is 2.19. The van der Waals surface area contributed by atoms with E-state index in [1.165, 1.54) is 18.2 Å². The molecule has 0 aliphatic heterocycles. The predicted molar refractivity (Wildman–Crippen MR) is 76.3 cm³/mol. The van der Waals surface area contributed by atoms with Crippen LogP contribution in [0.25, 0.3) is 0 Å². The summed E-state index contributed by atoms with van der Waals surface area (Å²) in [6.45, 7) is -0.162. The number of hydrogen-bond donors (Lipinski definition) is 0. The number of halogens is 3. The highest BCUT2D eigenvalue weighted by atomic mass is 79.9. The van der Waals surface area contributed by atoms with Gasteiger partial charge in [0.05, 0.1) is 12.7 Å². The average Bonchev–Trinajstić information content (AvgIpc) is 2.46. The van der Waals surface area contributed by atoms with Crippen LogP contribution in [0.2, 0.25) is 0 Å². The molecule has 0 aromatic heterocycles. The van der Waals surface area contributed by atoms with Gasteiger partial charge in [-0.05, 0) is 30.3 Å².